The molecule has 1 N–H and O–H groups in total. The first-order valence-electron chi connectivity index (χ1n) is 17.4. The maximum absolute atomic E-state index is 4.11. The van der Waals surface area contributed by atoms with Gasteiger partial charge in [-0.1, -0.05) is 146 Å². The van der Waals surface area contributed by atoms with Gasteiger partial charge < -0.3 is 10.2 Å². The molecule has 10 rings (SSSR count). The summed E-state index contributed by atoms with van der Waals surface area (Å²) in [5.41, 5.74) is 6.67. The molecule has 50 heavy (non-hydrogen) atoms. The van der Waals surface area contributed by atoms with E-state index in [1.807, 2.05) is 0 Å². The van der Waals surface area contributed by atoms with Crippen LogP contribution in [0.15, 0.2) is 182 Å². The van der Waals surface area contributed by atoms with Crippen molar-refractivity contribution < 1.29 is 0 Å². The first kappa shape index (κ1) is 28.6. The number of nitrogens with one attached hydrogen (secondary N) is 1. The minimum Gasteiger partial charge on any atom is -0.371 e. The van der Waals surface area contributed by atoms with Crippen LogP contribution in [0, 0.1) is 0 Å². The largest absolute Gasteiger partial charge is 0.371 e. The number of benzene rings is 9. The van der Waals surface area contributed by atoms with Gasteiger partial charge in [-0.05, 0) is 103 Å². The Bertz CT molecular complexity index is 2770. The summed E-state index contributed by atoms with van der Waals surface area (Å²) in [5, 5.41) is 15.5. The molecule has 1 unspecified atom stereocenters. The molecule has 1 aliphatic carbocycles. The molecule has 2 nitrogen and oxygen atoms in total. The summed E-state index contributed by atoms with van der Waals surface area (Å²) < 4.78 is 0. The first-order valence-corrected chi connectivity index (χ1v) is 17.4. The van der Waals surface area contributed by atoms with Crippen molar-refractivity contribution in [3.8, 4) is 0 Å². The Hall–Kier alpha value is -6.38. The van der Waals surface area contributed by atoms with Crippen LogP contribution in [0.3, 0.4) is 0 Å². The highest BCUT2D eigenvalue weighted by molar-refractivity contribution is 6.17. The average Bonchev–Trinajstić information content (AvgIpc) is 3.18. The Balaban J connectivity index is 1.22. The minimum atomic E-state index is -0.452. The predicted octanol–water partition coefficient (Wildman–Crippen LogP) is 12.0. The van der Waals surface area contributed by atoms with Gasteiger partial charge >= 0.3 is 0 Å². The van der Waals surface area contributed by atoms with E-state index in [1.165, 1.54) is 65.1 Å². The summed E-state index contributed by atoms with van der Waals surface area (Å²) in [4.78, 5) is 2.42. The topological polar surface area (TPSA) is 15.3 Å². The lowest BCUT2D eigenvalue weighted by molar-refractivity contribution is 0.614. The maximum atomic E-state index is 4.11. The number of hydrogen-bond acceptors (Lipinski definition) is 2. The predicted molar refractivity (Wildman–Crippen MR) is 213 cm³/mol. The molecular formula is C48H34N2. The molecule has 0 spiro atoms. The zero-order valence-electron chi connectivity index (χ0n) is 27.6. The van der Waals surface area contributed by atoms with Crippen LogP contribution in [-0.4, -0.2) is 0 Å². The molecule has 9 aromatic carbocycles. The van der Waals surface area contributed by atoms with Crippen molar-refractivity contribution in [2.45, 2.75) is 12.0 Å². The molecular weight excluding hydrogens is 605 g/mol. The summed E-state index contributed by atoms with van der Waals surface area (Å²) in [5.74, 6) is 0. The molecule has 0 saturated carbocycles. The van der Waals surface area contributed by atoms with Crippen LogP contribution >= 0.6 is 0 Å². The normalized spacial score (nSPS) is 15.4. The molecule has 0 radical (unpaired) electrons. The van der Waals surface area contributed by atoms with Crippen molar-refractivity contribution in [1.29, 1.82) is 0 Å². The number of para-hydroxylation sites is 1. The summed E-state index contributed by atoms with van der Waals surface area (Å²) in [6.45, 7) is 0. The zero-order chi connectivity index (χ0) is 33.1. The van der Waals surface area contributed by atoms with Crippen molar-refractivity contribution in [2.75, 3.05) is 10.2 Å². The van der Waals surface area contributed by atoms with E-state index in [0.29, 0.717) is 0 Å². The van der Waals surface area contributed by atoms with Gasteiger partial charge in [0, 0.05) is 22.4 Å². The Morgan fingerprint density at radius 1 is 0.460 bits per heavy atom. The highest BCUT2D eigenvalue weighted by atomic mass is 15.1. The molecule has 0 amide bonds. The lowest BCUT2D eigenvalue weighted by atomic mass is 9.73. The standard InChI is InChI=1S/C48H34N2/c1-3-15-39(16-4-1)48(49-40-24-19-33-11-7-9-13-37(33)31-40)30-29-36-21-26-43-45(28-23-35-22-27-44(48)47(36)46(35)43)50(41-17-5-2-6-18-41)42-25-20-34-12-8-10-14-38(34)32-42/h1-29,31-32,49H,30H2. The molecule has 1 atom stereocenters. The van der Waals surface area contributed by atoms with Crippen LogP contribution in [-0.2, 0) is 5.54 Å². The molecule has 0 bridgehead atoms. The number of rotatable bonds is 6. The molecule has 9 aromatic rings. The smallest absolute Gasteiger partial charge is 0.0920 e. The third-order valence-electron chi connectivity index (χ3n) is 10.6. The van der Waals surface area contributed by atoms with E-state index in [2.05, 4.69) is 198 Å². The third-order valence-corrected chi connectivity index (χ3v) is 10.6. The van der Waals surface area contributed by atoms with Gasteiger partial charge in [-0.2, -0.15) is 0 Å². The summed E-state index contributed by atoms with van der Waals surface area (Å²) >= 11 is 0. The molecule has 0 heterocycles. The molecule has 0 aliphatic heterocycles. The highest BCUT2D eigenvalue weighted by Crippen LogP contribution is 2.47. The lowest BCUT2D eigenvalue weighted by Gasteiger charge is -2.39. The highest BCUT2D eigenvalue weighted by Gasteiger charge is 2.37. The van der Waals surface area contributed by atoms with Crippen molar-refractivity contribution in [3.05, 3.63) is 198 Å². The van der Waals surface area contributed by atoms with Gasteiger partial charge in [-0.3, -0.25) is 0 Å². The second-order valence-corrected chi connectivity index (χ2v) is 13.4. The number of nitrogens with zero attached hydrogens (tertiary/aromatic N) is 1. The molecule has 1 aliphatic rings. The van der Waals surface area contributed by atoms with E-state index < -0.39 is 5.54 Å². The van der Waals surface area contributed by atoms with E-state index in [1.54, 1.807) is 0 Å². The van der Waals surface area contributed by atoms with Crippen LogP contribution in [0.5, 0.6) is 0 Å². The Morgan fingerprint density at radius 3 is 1.88 bits per heavy atom. The fourth-order valence-electron chi connectivity index (χ4n) is 8.27. The van der Waals surface area contributed by atoms with E-state index in [0.717, 1.165) is 23.5 Å². The van der Waals surface area contributed by atoms with Crippen molar-refractivity contribution in [3.63, 3.8) is 0 Å². The van der Waals surface area contributed by atoms with Crippen LogP contribution in [0.2, 0.25) is 0 Å². The second kappa shape index (κ2) is 11.4. The number of hydrogen-bond donors (Lipinski definition) is 1. The van der Waals surface area contributed by atoms with Gasteiger partial charge in [0.1, 0.15) is 0 Å². The fraction of sp³-hybridized carbons (Fsp3) is 0.0417. The van der Waals surface area contributed by atoms with Gasteiger partial charge in [0.2, 0.25) is 0 Å². The SMILES string of the molecule is C1=c2ccc3c(N(c4ccccc4)c4ccc5ccccc5c4)ccc4ccc(c2c43)C(Nc2ccc3ccccc3c2)(c2ccccc2)C1. The molecule has 236 valence electrons. The molecule has 0 aromatic heterocycles. The number of fused-ring (bicyclic) bond motifs is 2. The zero-order valence-corrected chi connectivity index (χ0v) is 27.6. The number of anilines is 4. The average molecular weight is 639 g/mol. The van der Waals surface area contributed by atoms with Gasteiger partial charge in [-0.25, -0.2) is 0 Å². The van der Waals surface area contributed by atoms with Crippen molar-refractivity contribution in [2.24, 2.45) is 0 Å². The monoisotopic (exact) mass is 638 g/mol. The second-order valence-electron chi connectivity index (χ2n) is 13.4. The van der Waals surface area contributed by atoms with Gasteiger partial charge in [0.25, 0.3) is 0 Å². The quantitative estimate of drug-likeness (QED) is 0.195. The summed E-state index contributed by atoms with van der Waals surface area (Å²) in [6, 6.07) is 66.4. The summed E-state index contributed by atoms with van der Waals surface area (Å²) in [7, 11) is 0. The van der Waals surface area contributed by atoms with Crippen LogP contribution in [0.1, 0.15) is 17.5 Å². The molecule has 0 fully saturated rings. The molecule has 2 heteroatoms. The van der Waals surface area contributed by atoms with Crippen LogP contribution in [0.25, 0.3) is 49.2 Å². The Labute approximate surface area is 291 Å². The lowest BCUT2D eigenvalue weighted by Crippen LogP contribution is -2.39. The van der Waals surface area contributed by atoms with E-state index >= 15 is 0 Å². The van der Waals surface area contributed by atoms with Crippen molar-refractivity contribution >= 4 is 71.9 Å². The van der Waals surface area contributed by atoms with E-state index in [9.17, 15) is 0 Å². The van der Waals surface area contributed by atoms with Gasteiger partial charge in [0.05, 0.1) is 11.2 Å². The maximum Gasteiger partial charge on any atom is 0.0920 e. The van der Waals surface area contributed by atoms with Crippen LogP contribution < -0.4 is 15.4 Å². The van der Waals surface area contributed by atoms with Crippen molar-refractivity contribution in [1.82, 2.24) is 0 Å². The fourth-order valence-corrected chi connectivity index (χ4v) is 8.27. The van der Waals surface area contributed by atoms with E-state index in [4.69, 9.17) is 0 Å². The Kier molecular flexibility index (Phi) is 6.50. The summed E-state index contributed by atoms with van der Waals surface area (Å²) in [6.07, 6.45) is 3.28. The minimum absolute atomic E-state index is 0.452. The van der Waals surface area contributed by atoms with Gasteiger partial charge in [-0.15, -0.1) is 0 Å². The third kappa shape index (κ3) is 4.49. The first-order chi connectivity index (χ1) is 24.7. The van der Waals surface area contributed by atoms with E-state index in [-0.39, 0.29) is 0 Å². The Morgan fingerprint density at radius 2 is 1.10 bits per heavy atom. The molecule has 0 saturated heterocycles. The van der Waals surface area contributed by atoms with Gasteiger partial charge in [0.15, 0.2) is 0 Å². The van der Waals surface area contributed by atoms with Crippen LogP contribution in [0.4, 0.5) is 22.7 Å².